The smallest absolute Gasteiger partial charge is 0.187 e. The molecule has 5 heterocycles. The fourth-order valence-electron chi connectivity index (χ4n) is 4.88. The van der Waals surface area contributed by atoms with Crippen LogP contribution in [0.3, 0.4) is 0 Å². The van der Waals surface area contributed by atoms with Crippen LogP contribution >= 0.6 is 0 Å². The lowest BCUT2D eigenvalue weighted by atomic mass is 10.1. The third-order valence-electron chi connectivity index (χ3n) is 7.26. The monoisotopic (exact) mass is 521 g/mol. The van der Waals surface area contributed by atoms with Crippen molar-refractivity contribution in [3.8, 4) is 5.75 Å². The molecule has 2 aliphatic rings. The fourth-order valence-corrected chi connectivity index (χ4v) is 4.88. The van der Waals surface area contributed by atoms with Crippen LogP contribution in [0.1, 0.15) is 47.6 Å². The molecule has 0 radical (unpaired) electrons. The molecule has 6 rings (SSSR count). The van der Waals surface area contributed by atoms with Gasteiger partial charge in [0.2, 0.25) is 0 Å². The van der Waals surface area contributed by atoms with Crippen molar-refractivity contribution in [2.75, 3.05) is 45.2 Å². The molecule has 38 heavy (non-hydrogen) atoms. The summed E-state index contributed by atoms with van der Waals surface area (Å²) in [6.45, 7) is 4.44. The van der Waals surface area contributed by atoms with Crippen molar-refractivity contribution >= 4 is 11.3 Å². The summed E-state index contributed by atoms with van der Waals surface area (Å²) < 4.78 is 23.1. The number of aromatic nitrogens is 6. The maximum Gasteiger partial charge on any atom is 0.187 e. The number of halogens is 1. The first kappa shape index (κ1) is 24.7. The standard InChI is InChI=1S/C26H32FN9O2/c1-33-7-9-34(10-8-33)22-11-18(17-3-4-17)13-35-14-19(30-25(22)35)15-36-16-21(31-32-36)26(37)29-12-20-24(27)23(38-2)5-6-28-20/h5-6,11,13-14,16-17,26,29,37H,3-4,7-10,12,15H2,1-2H3. The number of methoxy groups -OCH3 is 1. The van der Waals surface area contributed by atoms with Crippen LogP contribution in [0, 0.1) is 5.82 Å². The molecule has 0 amide bonds. The number of rotatable bonds is 9. The highest BCUT2D eigenvalue weighted by Gasteiger charge is 2.27. The molecule has 1 unspecified atom stereocenters. The van der Waals surface area contributed by atoms with Gasteiger partial charge in [0.25, 0.3) is 0 Å². The number of nitrogens with zero attached hydrogens (tertiary/aromatic N) is 8. The number of nitrogens with one attached hydrogen (secondary N) is 1. The second-order valence-electron chi connectivity index (χ2n) is 10.1. The van der Waals surface area contributed by atoms with Crippen molar-refractivity contribution in [1.29, 1.82) is 0 Å². The number of likely N-dealkylation sites (N-methyl/N-ethyl adjacent to an activating group) is 1. The molecule has 12 heteroatoms. The molecular weight excluding hydrogens is 489 g/mol. The second-order valence-corrected chi connectivity index (χ2v) is 10.1. The van der Waals surface area contributed by atoms with Crippen LogP contribution in [0.4, 0.5) is 10.1 Å². The largest absolute Gasteiger partial charge is 0.494 e. The number of aliphatic hydroxyl groups excluding tert-OH is 1. The summed E-state index contributed by atoms with van der Waals surface area (Å²) in [5, 5.41) is 21.6. The van der Waals surface area contributed by atoms with E-state index in [1.807, 2.05) is 6.20 Å². The lowest BCUT2D eigenvalue weighted by molar-refractivity contribution is 0.131. The van der Waals surface area contributed by atoms with Crippen LogP contribution in [0.15, 0.2) is 36.9 Å². The van der Waals surface area contributed by atoms with Gasteiger partial charge in [-0.3, -0.25) is 10.3 Å². The third kappa shape index (κ3) is 5.06. The van der Waals surface area contributed by atoms with Crippen molar-refractivity contribution in [2.45, 2.75) is 38.1 Å². The summed E-state index contributed by atoms with van der Waals surface area (Å²) in [6.07, 6.45) is 8.72. The molecule has 2 fully saturated rings. The van der Waals surface area contributed by atoms with Crippen molar-refractivity contribution in [1.82, 2.24) is 39.6 Å². The first-order valence-electron chi connectivity index (χ1n) is 12.9. The summed E-state index contributed by atoms with van der Waals surface area (Å²) in [4.78, 5) is 13.8. The Hall–Kier alpha value is -3.61. The van der Waals surface area contributed by atoms with Crippen LogP contribution in [0.25, 0.3) is 5.65 Å². The van der Waals surface area contributed by atoms with Crippen molar-refractivity contribution in [3.05, 3.63) is 65.4 Å². The Labute approximate surface area is 219 Å². The first-order chi connectivity index (χ1) is 18.5. The molecule has 2 N–H and O–H groups in total. The SMILES string of the molecule is COc1ccnc(CNC(O)c2cn(Cc3cn4cc(C5CC5)cc(N5CCN(C)CC5)c4n3)nn2)c1F. The van der Waals surface area contributed by atoms with Crippen molar-refractivity contribution in [3.63, 3.8) is 0 Å². The van der Waals surface area contributed by atoms with Gasteiger partial charge in [0.15, 0.2) is 23.4 Å². The number of piperazine rings is 1. The van der Waals surface area contributed by atoms with E-state index in [2.05, 4.69) is 54.1 Å². The van der Waals surface area contributed by atoms with E-state index >= 15 is 0 Å². The van der Waals surface area contributed by atoms with E-state index in [9.17, 15) is 9.50 Å². The second kappa shape index (κ2) is 10.3. The lowest BCUT2D eigenvalue weighted by Crippen LogP contribution is -2.44. The minimum Gasteiger partial charge on any atom is -0.494 e. The number of anilines is 1. The van der Waals surface area contributed by atoms with Gasteiger partial charge < -0.3 is 24.0 Å². The highest BCUT2D eigenvalue weighted by molar-refractivity contribution is 5.71. The van der Waals surface area contributed by atoms with E-state index in [4.69, 9.17) is 9.72 Å². The van der Waals surface area contributed by atoms with Gasteiger partial charge in [-0.25, -0.2) is 14.1 Å². The van der Waals surface area contributed by atoms with Gasteiger partial charge >= 0.3 is 0 Å². The van der Waals surface area contributed by atoms with Gasteiger partial charge in [-0.1, -0.05) is 5.21 Å². The van der Waals surface area contributed by atoms with E-state index in [0.29, 0.717) is 18.2 Å². The van der Waals surface area contributed by atoms with Gasteiger partial charge in [0.1, 0.15) is 5.69 Å². The summed E-state index contributed by atoms with van der Waals surface area (Å²) in [6, 6.07) is 3.77. The zero-order valence-electron chi connectivity index (χ0n) is 21.6. The molecule has 4 aromatic rings. The number of pyridine rings is 2. The summed E-state index contributed by atoms with van der Waals surface area (Å²) in [5.41, 5.74) is 4.83. The van der Waals surface area contributed by atoms with Crippen LogP contribution in [0.5, 0.6) is 5.75 Å². The van der Waals surface area contributed by atoms with Gasteiger partial charge in [-0.05, 0) is 37.4 Å². The minimum absolute atomic E-state index is 0.00188. The quantitative estimate of drug-likeness (QED) is 0.319. The van der Waals surface area contributed by atoms with Crippen LogP contribution < -0.4 is 15.0 Å². The Kier molecular flexibility index (Phi) is 6.68. The van der Waals surface area contributed by atoms with E-state index in [1.165, 1.54) is 43.5 Å². The number of fused-ring (bicyclic) bond motifs is 1. The average Bonchev–Trinajstić information content (AvgIpc) is 3.54. The van der Waals surface area contributed by atoms with Gasteiger partial charge in [-0.2, -0.15) is 0 Å². The molecule has 0 bridgehead atoms. The van der Waals surface area contributed by atoms with Gasteiger partial charge in [0, 0.05) is 57.4 Å². The summed E-state index contributed by atoms with van der Waals surface area (Å²) in [5.74, 6) is 0.180. The Bertz CT molecular complexity index is 1430. The number of hydrogen-bond donors (Lipinski definition) is 2. The van der Waals surface area contributed by atoms with Gasteiger partial charge in [0.05, 0.1) is 36.9 Å². The number of aliphatic hydroxyl groups is 1. The first-order valence-corrected chi connectivity index (χ1v) is 12.9. The Morgan fingerprint density at radius 1 is 1.18 bits per heavy atom. The summed E-state index contributed by atoms with van der Waals surface area (Å²) in [7, 11) is 3.55. The Morgan fingerprint density at radius 3 is 2.76 bits per heavy atom. The zero-order valence-corrected chi connectivity index (χ0v) is 21.6. The molecule has 1 aliphatic heterocycles. The molecular formula is C26H32FN9O2. The summed E-state index contributed by atoms with van der Waals surface area (Å²) >= 11 is 0. The van der Waals surface area contributed by atoms with Crippen LogP contribution in [-0.4, -0.2) is 79.7 Å². The highest BCUT2D eigenvalue weighted by Crippen LogP contribution is 2.42. The molecule has 1 aliphatic carbocycles. The fraction of sp³-hybridized carbons (Fsp3) is 0.462. The Balaban J connectivity index is 1.17. The average molecular weight is 522 g/mol. The number of hydrogen-bond acceptors (Lipinski definition) is 9. The lowest BCUT2D eigenvalue weighted by Gasteiger charge is -2.34. The van der Waals surface area contributed by atoms with E-state index in [1.54, 1.807) is 10.9 Å². The van der Waals surface area contributed by atoms with E-state index in [-0.39, 0.29) is 18.0 Å². The normalized spacial score (nSPS) is 17.3. The number of ether oxygens (including phenoxy) is 1. The molecule has 1 saturated carbocycles. The predicted octanol–water partition coefficient (Wildman–Crippen LogP) is 1.93. The van der Waals surface area contributed by atoms with E-state index in [0.717, 1.165) is 37.5 Å². The maximum atomic E-state index is 14.3. The zero-order chi connectivity index (χ0) is 26.2. The van der Waals surface area contributed by atoms with Crippen molar-refractivity contribution < 1.29 is 14.2 Å². The van der Waals surface area contributed by atoms with Crippen LogP contribution in [-0.2, 0) is 13.1 Å². The minimum atomic E-state index is -1.14. The van der Waals surface area contributed by atoms with Crippen LogP contribution in [0.2, 0.25) is 0 Å². The molecule has 0 aromatic carbocycles. The molecule has 4 aromatic heterocycles. The molecule has 1 atom stereocenters. The number of imidazole rings is 1. The molecule has 200 valence electrons. The molecule has 1 saturated heterocycles. The van der Waals surface area contributed by atoms with Crippen molar-refractivity contribution in [2.24, 2.45) is 0 Å². The van der Waals surface area contributed by atoms with E-state index < -0.39 is 12.0 Å². The maximum absolute atomic E-state index is 14.3. The molecule has 0 spiro atoms. The molecule has 11 nitrogen and oxygen atoms in total. The van der Waals surface area contributed by atoms with Gasteiger partial charge in [-0.15, -0.1) is 5.10 Å². The predicted molar refractivity (Wildman–Crippen MR) is 139 cm³/mol. The topological polar surface area (TPSA) is 109 Å². The Morgan fingerprint density at radius 2 is 2.00 bits per heavy atom. The third-order valence-corrected chi connectivity index (χ3v) is 7.26. The highest BCUT2D eigenvalue weighted by atomic mass is 19.1.